The molecule has 1 aromatic heterocycles. The van der Waals surface area contributed by atoms with Gasteiger partial charge in [0.25, 0.3) is 5.91 Å². The van der Waals surface area contributed by atoms with Gasteiger partial charge in [0, 0.05) is 49.1 Å². The lowest BCUT2D eigenvalue weighted by molar-refractivity contribution is -0.137. The van der Waals surface area contributed by atoms with Crippen LogP contribution in [0.15, 0.2) is 95.0 Å². The number of allylic oxidation sites excluding steroid dienone is 2. The summed E-state index contributed by atoms with van der Waals surface area (Å²) >= 11 is 0. The van der Waals surface area contributed by atoms with Crippen molar-refractivity contribution in [3.63, 3.8) is 0 Å². The Morgan fingerprint density at radius 2 is 1.71 bits per heavy atom. The van der Waals surface area contributed by atoms with E-state index in [-0.39, 0.29) is 17.2 Å². The number of amidine groups is 1. The lowest BCUT2D eigenvalue weighted by atomic mass is 10.1. The van der Waals surface area contributed by atoms with Gasteiger partial charge in [-0.25, -0.2) is 9.98 Å². The molecule has 0 atom stereocenters. The van der Waals surface area contributed by atoms with Gasteiger partial charge in [0.15, 0.2) is 12.1 Å². The van der Waals surface area contributed by atoms with Gasteiger partial charge in [0.1, 0.15) is 11.5 Å². The van der Waals surface area contributed by atoms with Gasteiger partial charge in [-0.05, 0) is 94.9 Å². The van der Waals surface area contributed by atoms with E-state index in [9.17, 15) is 27.6 Å². The van der Waals surface area contributed by atoms with Crippen LogP contribution >= 0.6 is 0 Å². The molecule has 0 fully saturated rings. The number of nitrogens with one attached hydrogen (secondary N) is 2. The molecule has 3 rings (SSSR count). The predicted molar refractivity (Wildman–Crippen MR) is 197 cm³/mol. The van der Waals surface area contributed by atoms with Crippen LogP contribution in [0, 0.1) is 11.8 Å². The number of nitrogens with zero attached hydrogens (tertiary/aromatic N) is 5. The second-order valence-corrected chi connectivity index (χ2v) is 11.3. The minimum absolute atomic E-state index is 0.195. The first kappa shape index (κ1) is 41.2. The summed E-state index contributed by atoms with van der Waals surface area (Å²) in [4.78, 5) is 48.4. The Balaban J connectivity index is 0.00000100. The molecule has 0 aliphatic rings. The maximum absolute atomic E-state index is 13.0. The minimum atomic E-state index is -4.57. The number of likely N-dealkylation sites (N-methyl/N-ethyl adjacent to an activating group) is 1. The van der Waals surface area contributed by atoms with E-state index in [2.05, 4.69) is 32.5 Å². The number of carbonyl (C=O) groups is 3. The van der Waals surface area contributed by atoms with Gasteiger partial charge in [-0.15, -0.1) is 0 Å². The van der Waals surface area contributed by atoms with Crippen molar-refractivity contribution >= 4 is 47.3 Å². The third-order valence-corrected chi connectivity index (χ3v) is 7.03. The molecule has 0 aliphatic heterocycles. The maximum Gasteiger partial charge on any atom is 0.416 e. The molecule has 1 heterocycles. The third kappa shape index (κ3) is 12.8. The number of amides is 2. The maximum atomic E-state index is 13.0. The standard InChI is InChI=1S/C31H34F3N7O2.C6H9NO/c1-6-20(2)18-38-29(41(19-42)26-9-7-8-24(17-26)36-4)28(21(3)35)40(5)25-12-10-22(11-13-25)30(43)39-27-16-23(14-15-37-27)31(32,33)34;1-7(2)5-3-4-6-8/h7-19,36H,6,35H2,1-5H3,(H,37,39,43);6H,5H2,1-2H3/b20-18+,28-21-,38-29-;. The lowest BCUT2D eigenvalue weighted by Gasteiger charge is -2.29. The number of hydrogen-bond acceptors (Lipinski definition) is 9. The normalized spacial score (nSPS) is 12.0. The molecular weight excluding hydrogens is 661 g/mol. The molecule has 14 heteroatoms. The Labute approximate surface area is 296 Å². The SMILES string of the molecule is CC/C(C)=C/N=C(/C(=C(\C)N)N(C)c1ccc(C(=O)Nc2cc(C(F)(F)F)ccn2)cc1)N(C=O)c1cccc(NC)c1.CN(C)CC#CC=O. The van der Waals surface area contributed by atoms with Gasteiger partial charge in [0.05, 0.1) is 17.8 Å². The second kappa shape index (κ2) is 19.9. The van der Waals surface area contributed by atoms with E-state index in [1.165, 1.54) is 17.0 Å². The van der Waals surface area contributed by atoms with Gasteiger partial charge in [0.2, 0.25) is 6.41 Å². The fourth-order valence-electron chi connectivity index (χ4n) is 4.21. The third-order valence-electron chi connectivity index (χ3n) is 7.03. The van der Waals surface area contributed by atoms with Gasteiger partial charge in [-0.3, -0.25) is 24.2 Å². The van der Waals surface area contributed by atoms with E-state index in [0.717, 1.165) is 36.0 Å². The zero-order chi connectivity index (χ0) is 38.1. The number of aromatic nitrogens is 1. The number of hydrogen-bond donors (Lipinski definition) is 3. The van der Waals surface area contributed by atoms with Crippen LogP contribution in [0.4, 0.5) is 36.1 Å². The Bertz CT molecular complexity index is 1800. The van der Waals surface area contributed by atoms with Crippen molar-refractivity contribution in [2.45, 2.75) is 33.4 Å². The summed E-state index contributed by atoms with van der Waals surface area (Å²) in [5.41, 5.74) is 9.40. The van der Waals surface area contributed by atoms with Crippen LogP contribution in [-0.2, 0) is 15.8 Å². The van der Waals surface area contributed by atoms with E-state index in [1.54, 1.807) is 56.4 Å². The van der Waals surface area contributed by atoms with E-state index < -0.39 is 17.6 Å². The number of carbonyl (C=O) groups excluding carboxylic acids is 3. The summed E-state index contributed by atoms with van der Waals surface area (Å²) < 4.78 is 39.1. The summed E-state index contributed by atoms with van der Waals surface area (Å²) in [5, 5.41) is 5.45. The van der Waals surface area contributed by atoms with Crippen molar-refractivity contribution in [1.82, 2.24) is 9.88 Å². The molecule has 270 valence electrons. The van der Waals surface area contributed by atoms with Crippen LogP contribution < -0.4 is 26.2 Å². The number of benzene rings is 2. The van der Waals surface area contributed by atoms with Crippen molar-refractivity contribution < 1.29 is 27.6 Å². The van der Waals surface area contributed by atoms with Crippen molar-refractivity contribution in [3.05, 3.63) is 101 Å². The number of halogens is 3. The van der Waals surface area contributed by atoms with E-state index in [4.69, 9.17) is 5.73 Å². The summed E-state index contributed by atoms with van der Waals surface area (Å²) in [7, 11) is 7.32. The molecule has 11 nitrogen and oxygen atoms in total. The molecule has 0 unspecified atom stereocenters. The lowest BCUT2D eigenvalue weighted by Crippen LogP contribution is -2.38. The molecule has 4 N–H and O–H groups in total. The molecule has 0 saturated carbocycles. The Morgan fingerprint density at radius 3 is 2.25 bits per heavy atom. The molecule has 0 spiro atoms. The first-order chi connectivity index (χ1) is 24.2. The largest absolute Gasteiger partial charge is 0.416 e. The quantitative estimate of drug-likeness (QED) is 0.0937. The summed E-state index contributed by atoms with van der Waals surface area (Å²) in [5.74, 6) is 4.37. The Kier molecular flexibility index (Phi) is 16.1. The van der Waals surface area contributed by atoms with Crippen LogP contribution in [0.3, 0.4) is 0 Å². The van der Waals surface area contributed by atoms with Gasteiger partial charge < -0.3 is 21.3 Å². The second-order valence-electron chi connectivity index (χ2n) is 11.3. The topological polar surface area (TPSA) is 136 Å². The first-order valence-electron chi connectivity index (χ1n) is 15.6. The van der Waals surface area contributed by atoms with E-state index in [0.29, 0.717) is 42.0 Å². The van der Waals surface area contributed by atoms with Crippen LogP contribution in [0.5, 0.6) is 0 Å². The highest BCUT2D eigenvalue weighted by Gasteiger charge is 2.31. The van der Waals surface area contributed by atoms with Gasteiger partial charge >= 0.3 is 6.18 Å². The van der Waals surface area contributed by atoms with E-state index in [1.807, 2.05) is 45.0 Å². The highest BCUT2D eigenvalue weighted by atomic mass is 19.4. The molecule has 51 heavy (non-hydrogen) atoms. The number of aliphatic imine (C=N–C) groups is 1. The number of nitrogens with two attached hydrogens (primary N) is 1. The molecule has 0 aliphatic carbocycles. The number of rotatable bonds is 11. The summed E-state index contributed by atoms with van der Waals surface area (Å²) in [6, 6.07) is 15.2. The van der Waals surface area contributed by atoms with Crippen molar-refractivity contribution in [2.24, 2.45) is 10.7 Å². The average molecular weight is 705 g/mol. The Hall–Kier alpha value is -5.94. The molecule has 0 bridgehead atoms. The van der Waals surface area contributed by atoms with Crippen LogP contribution in [0.1, 0.15) is 43.1 Å². The molecule has 0 radical (unpaired) electrons. The zero-order valence-corrected chi connectivity index (χ0v) is 29.7. The van der Waals surface area contributed by atoms with Gasteiger partial charge in [-0.1, -0.05) is 24.5 Å². The highest BCUT2D eigenvalue weighted by Crippen LogP contribution is 2.30. The monoisotopic (exact) mass is 704 g/mol. The molecule has 3 aromatic rings. The molecular formula is C37H43F3N8O3. The number of pyridine rings is 1. The van der Waals surface area contributed by atoms with Crippen molar-refractivity contribution in [1.29, 1.82) is 0 Å². The molecule has 2 amide bonds. The fourth-order valence-corrected chi connectivity index (χ4v) is 4.21. The number of aldehydes is 1. The minimum Gasteiger partial charge on any atom is -0.400 e. The fraction of sp³-hybridized carbons (Fsp3) is 0.270. The van der Waals surface area contributed by atoms with Crippen LogP contribution in [0.25, 0.3) is 0 Å². The first-order valence-corrected chi connectivity index (χ1v) is 15.6. The van der Waals surface area contributed by atoms with Crippen LogP contribution in [0.2, 0.25) is 0 Å². The molecule has 0 saturated heterocycles. The highest BCUT2D eigenvalue weighted by molar-refractivity contribution is 6.20. The van der Waals surface area contributed by atoms with E-state index >= 15 is 0 Å². The van der Waals surface area contributed by atoms with Gasteiger partial charge in [-0.2, -0.15) is 13.2 Å². The summed E-state index contributed by atoms with van der Waals surface area (Å²) in [6.45, 7) is 6.26. The predicted octanol–water partition coefficient (Wildman–Crippen LogP) is 6.15. The van der Waals surface area contributed by atoms with Crippen LogP contribution in [-0.4, -0.2) is 69.1 Å². The number of anilines is 4. The van der Waals surface area contributed by atoms with Crippen molar-refractivity contribution in [2.75, 3.05) is 55.2 Å². The number of alkyl halides is 3. The zero-order valence-electron chi connectivity index (χ0n) is 29.7. The smallest absolute Gasteiger partial charge is 0.400 e. The average Bonchev–Trinajstić information content (AvgIpc) is 3.10. The Morgan fingerprint density at radius 1 is 1.02 bits per heavy atom. The summed E-state index contributed by atoms with van der Waals surface area (Å²) in [6.07, 6.45) is 0.109. The van der Waals surface area contributed by atoms with Crippen molar-refractivity contribution in [3.8, 4) is 11.8 Å². The molecule has 2 aromatic carbocycles.